The lowest BCUT2D eigenvalue weighted by Crippen LogP contribution is -2.16. The molecule has 0 aliphatic carbocycles. The Balaban J connectivity index is 3.38. The molecule has 0 aliphatic rings. The first-order valence-electron chi connectivity index (χ1n) is 8.54. The van der Waals surface area contributed by atoms with Crippen molar-refractivity contribution in [2.24, 2.45) is 0 Å². The van der Waals surface area contributed by atoms with Gasteiger partial charge in [-0.15, -0.1) is 0 Å². The highest BCUT2D eigenvalue weighted by Crippen LogP contribution is 2.46. The van der Waals surface area contributed by atoms with E-state index in [9.17, 15) is 14.0 Å². The lowest BCUT2D eigenvalue weighted by molar-refractivity contribution is 0.165. The fraction of sp³-hybridized carbons (Fsp3) is 1.00. The zero-order chi connectivity index (χ0) is 17.6. The number of hydroxylamine groups is 1. The summed E-state index contributed by atoms with van der Waals surface area (Å²) in [4.78, 5) is 26.7. The maximum atomic E-state index is 11.5. The monoisotopic (exact) mass is 373 g/mol. The fourth-order valence-corrected chi connectivity index (χ4v) is 4.57. The molecule has 0 heterocycles. The Morgan fingerprint density at radius 1 is 0.783 bits per heavy atom. The van der Waals surface area contributed by atoms with Crippen LogP contribution in [-0.4, -0.2) is 33.5 Å². The van der Waals surface area contributed by atoms with Crippen LogP contribution in [0.3, 0.4) is 0 Å². The molecular weight excluding hydrogens is 340 g/mol. The molecule has 0 saturated carbocycles. The molecule has 0 fully saturated rings. The molecule has 0 aromatic heterocycles. The minimum atomic E-state index is -4.27. The summed E-state index contributed by atoms with van der Waals surface area (Å²) in [6.07, 6.45) is 10.9. The van der Waals surface area contributed by atoms with Gasteiger partial charge < -0.3 is 14.7 Å². The summed E-state index contributed by atoms with van der Waals surface area (Å²) in [7, 11) is -8.24. The van der Waals surface area contributed by atoms with Crippen molar-refractivity contribution in [3.05, 3.63) is 0 Å². The Hall–Kier alpha value is 0.260. The van der Waals surface area contributed by atoms with Gasteiger partial charge in [0.2, 0.25) is 0 Å². The molecule has 0 saturated heterocycles. The van der Waals surface area contributed by atoms with Crippen molar-refractivity contribution < 1.29 is 28.4 Å². The smallest absolute Gasteiger partial charge is 0.324 e. The Labute approximate surface area is 139 Å². The molecule has 0 aromatic rings. The van der Waals surface area contributed by atoms with Crippen LogP contribution in [0.5, 0.6) is 0 Å². The van der Waals surface area contributed by atoms with E-state index in [1.54, 1.807) is 0 Å². The minimum absolute atomic E-state index is 0.455. The molecule has 1 unspecified atom stereocenters. The Bertz CT molecular complexity index is 374. The molecule has 23 heavy (non-hydrogen) atoms. The van der Waals surface area contributed by atoms with Gasteiger partial charge in [0.05, 0.1) is 12.3 Å². The normalized spacial score (nSPS) is 14.8. The van der Waals surface area contributed by atoms with Gasteiger partial charge in [0.15, 0.2) is 0 Å². The zero-order valence-electron chi connectivity index (χ0n) is 14.2. The van der Waals surface area contributed by atoms with Gasteiger partial charge in [-0.05, 0) is 6.42 Å². The average molecular weight is 373 g/mol. The Morgan fingerprint density at radius 3 is 1.74 bits per heavy atom. The summed E-state index contributed by atoms with van der Waals surface area (Å²) in [5.41, 5.74) is 2.42. The van der Waals surface area contributed by atoms with Crippen LogP contribution in [0.1, 0.15) is 71.1 Å². The zero-order valence-corrected chi connectivity index (χ0v) is 15.9. The van der Waals surface area contributed by atoms with Gasteiger partial charge in [0, 0.05) is 6.54 Å². The van der Waals surface area contributed by atoms with E-state index >= 15 is 0 Å². The first-order chi connectivity index (χ1) is 10.8. The predicted molar refractivity (Wildman–Crippen MR) is 92.5 cm³/mol. The van der Waals surface area contributed by atoms with Gasteiger partial charge in [-0.3, -0.25) is 9.13 Å². The van der Waals surface area contributed by atoms with Gasteiger partial charge in [0.25, 0.3) is 0 Å². The van der Waals surface area contributed by atoms with Gasteiger partial charge in [0.1, 0.15) is 0 Å². The number of rotatable bonds is 16. The molecular formula is C14H33NO6P2. The van der Waals surface area contributed by atoms with Crippen molar-refractivity contribution in [2.45, 2.75) is 71.1 Å². The summed E-state index contributed by atoms with van der Waals surface area (Å²) < 4.78 is 26.7. The third-order valence-electron chi connectivity index (χ3n) is 3.51. The fourth-order valence-electron chi connectivity index (χ4n) is 2.13. The second-order valence-electron chi connectivity index (χ2n) is 5.92. The molecule has 0 bridgehead atoms. The van der Waals surface area contributed by atoms with E-state index in [1.807, 2.05) is 0 Å². The molecule has 140 valence electrons. The van der Waals surface area contributed by atoms with Crippen LogP contribution in [0.15, 0.2) is 0 Å². The van der Waals surface area contributed by atoms with E-state index < -0.39 is 27.5 Å². The molecule has 0 spiro atoms. The average Bonchev–Trinajstić information content (AvgIpc) is 2.46. The van der Waals surface area contributed by atoms with Crippen LogP contribution >= 0.6 is 15.2 Å². The molecule has 0 radical (unpaired) electrons. The molecule has 0 amide bonds. The predicted octanol–water partition coefficient (Wildman–Crippen LogP) is 3.79. The van der Waals surface area contributed by atoms with E-state index in [0.29, 0.717) is 6.54 Å². The van der Waals surface area contributed by atoms with Crippen LogP contribution < -0.4 is 5.48 Å². The first-order valence-corrected chi connectivity index (χ1v) is 12.1. The van der Waals surface area contributed by atoms with E-state index in [1.165, 1.54) is 44.9 Å². The van der Waals surface area contributed by atoms with Crippen LogP contribution in [0.25, 0.3) is 0 Å². The largest absolute Gasteiger partial charge is 0.345 e. The van der Waals surface area contributed by atoms with E-state index in [2.05, 4.69) is 17.0 Å². The van der Waals surface area contributed by atoms with Gasteiger partial charge in [-0.1, -0.05) is 64.7 Å². The minimum Gasteiger partial charge on any atom is -0.324 e. The number of nitrogens with one attached hydrogen (secondary N) is 1. The van der Waals surface area contributed by atoms with Crippen molar-refractivity contribution in [1.82, 2.24) is 5.48 Å². The third-order valence-corrected chi connectivity index (χ3v) is 5.88. The number of hydrogen-bond acceptors (Lipinski definition) is 4. The second-order valence-corrected chi connectivity index (χ2v) is 9.60. The number of hydrogen-bond donors (Lipinski definition) is 4. The summed E-state index contributed by atoms with van der Waals surface area (Å²) in [6.45, 7) is 2.67. The van der Waals surface area contributed by atoms with Gasteiger partial charge in [-0.25, -0.2) is 4.62 Å². The summed E-state index contributed by atoms with van der Waals surface area (Å²) in [6, 6.07) is 0. The van der Waals surface area contributed by atoms with E-state index in [0.717, 1.165) is 19.3 Å². The van der Waals surface area contributed by atoms with Crippen molar-refractivity contribution in [3.8, 4) is 0 Å². The summed E-state index contributed by atoms with van der Waals surface area (Å²) in [5.74, 6) is 0. The maximum absolute atomic E-state index is 11.5. The molecule has 0 rings (SSSR count). The molecule has 7 nitrogen and oxygen atoms in total. The molecule has 4 N–H and O–H groups in total. The highest BCUT2D eigenvalue weighted by molar-refractivity contribution is 7.56. The topological polar surface area (TPSA) is 116 Å². The summed E-state index contributed by atoms with van der Waals surface area (Å²) >= 11 is 0. The van der Waals surface area contributed by atoms with Crippen LogP contribution in [0.4, 0.5) is 0 Å². The van der Waals surface area contributed by atoms with Crippen LogP contribution in [0, 0.1) is 0 Å². The van der Waals surface area contributed by atoms with Crippen molar-refractivity contribution in [2.75, 3.05) is 18.9 Å². The van der Waals surface area contributed by atoms with Crippen LogP contribution in [0.2, 0.25) is 0 Å². The van der Waals surface area contributed by atoms with Crippen molar-refractivity contribution >= 4 is 15.2 Å². The van der Waals surface area contributed by atoms with Gasteiger partial charge >= 0.3 is 15.2 Å². The highest BCUT2D eigenvalue weighted by atomic mass is 31.2. The first kappa shape index (κ1) is 23.3. The molecule has 0 aliphatic heterocycles. The van der Waals surface area contributed by atoms with Gasteiger partial charge in [-0.2, -0.15) is 5.48 Å². The SMILES string of the molecule is CCCCCCCCCCCCNOP(=O)(O)CCP(=O)(O)O. The second kappa shape index (κ2) is 13.5. The Morgan fingerprint density at radius 2 is 1.26 bits per heavy atom. The van der Waals surface area contributed by atoms with E-state index in [-0.39, 0.29) is 0 Å². The third kappa shape index (κ3) is 18.4. The standard InChI is InChI=1S/C14H33NO6P2/c1-2-3-4-5-6-7-8-9-10-11-12-15-21-23(19,20)14-13-22(16,17)18/h15H,2-14H2,1H3,(H,19,20)(H2,16,17,18). The lowest BCUT2D eigenvalue weighted by atomic mass is 10.1. The lowest BCUT2D eigenvalue weighted by Gasteiger charge is -2.12. The quantitative estimate of drug-likeness (QED) is 0.185. The van der Waals surface area contributed by atoms with E-state index in [4.69, 9.17) is 9.79 Å². The number of unbranched alkanes of at least 4 members (excludes halogenated alkanes) is 9. The molecule has 9 heteroatoms. The maximum Gasteiger partial charge on any atom is 0.345 e. The highest BCUT2D eigenvalue weighted by Gasteiger charge is 2.25. The molecule has 1 atom stereocenters. The summed E-state index contributed by atoms with van der Waals surface area (Å²) in [5, 5.41) is 0. The van der Waals surface area contributed by atoms with Crippen molar-refractivity contribution in [1.29, 1.82) is 0 Å². The van der Waals surface area contributed by atoms with Crippen LogP contribution in [-0.2, 0) is 13.8 Å². The van der Waals surface area contributed by atoms with Crippen molar-refractivity contribution in [3.63, 3.8) is 0 Å². The Kier molecular flexibility index (Phi) is 13.7. The molecule has 0 aromatic carbocycles.